The first-order valence-corrected chi connectivity index (χ1v) is 34.5. The lowest BCUT2D eigenvalue weighted by molar-refractivity contribution is -0.197. The Morgan fingerprint density at radius 1 is 0.809 bits per heavy atom. The van der Waals surface area contributed by atoms with Gasteiger partial charge in [-0.3, -0.25) is 42.7 Å². The number of imide groups is 1. The maximum absolute atomic E-state index is 14.3. The lowest BCUT2D eigenvalue weighted by Gasteiger charge is -2.23. The number of amides is 7. The highest BCUT2D eigenvalue weighted by atomic mass is 32.3. The van der Waals surface area contributed by atoms with Crippen LogP contribution in [0.1, 0.15) is 130 Å². The normalized spacial score (nSPS) is 20.2. The molecule has 4 atom stereocenters. The van der Waals surface area contributed by atoms with Gasteiger partial charge < -0.3 is 50.4 Å². The number of ether oxygens (including phenoxy) is 1. The van der Waals surface area contributed by atoms with Crippen molar-refractivity contribution in [3.8, 4) is 17.1 Å². The molecule has 27 nitrogen and oxygen atoms in total. The lowest BCUT2D eigenvalue weighted by Crippen LogP contribution is -2.54. The molecule has 32 heteroatoms. The second-order valence-corrected chi connectivity index (χ2v) is 27.5. The average molecular weight is 1340 g/mol. The Labute approximate surface area is 525 Å². The number of carbonyl (C=O) groups excluding carboxylic acids is 8. The molecule has 3 aliphatic heterocycles. The Kier molecular flexibility index (Phi) is 27.8. The van der Waals surface area contributed by atoms with Crippen LogP contribution in [0, 0.1) is 6.92 Å². The van der Waals surface area contributed by atoms with Crippen molar-refractivity contribution >= 4 is 107 Å². The van der Waals surface area contributed by atoms with Gasteiger partial charge in [0.1, 0.15) is 37.2 Å². The molecule has 6 heterocycles. The molecule has 0 radical (unpaired) electrons. The van der Waals surface area contributed by atoms with Crippen molar-refractivity contribution in [1.82, 2.24) is 41.9 Å². The average Bonchev–Trinajstić information content (AvgIpc) is 2.88. The molecule has 9 N–H and O–H groups in total. The van der Waals surface area contributed by atoms with Crippen molar-refractivity contribution in [3.63, 3.8) is 0 Å². The van der Waals surface area contributed by atoms with Crippen LogP contribution in [0.3, 0.4) is 0 Å². The second-order valence-electron chi connectivity index (χ2n) is 21.0. The molecular weight excluding hydrogens is 1260 g/mol. The maximum atomic E-state index is 14.3. The summed E-state index contributed by atoms with van der Waals surface area (Å²) in [6.45, 7) is 6.64. The molecule has 0 aliphatic carbocycles. The van der Waals surface area contributed by atoms with Gasteiger partial charge >= 0.3 is 16.1 Å². The molecule has 89 heavy (non-hydrogen) atoms. The molecule has 3 aliphatic rings. The highest BCUT2D eigenvalue weighted by Crippen LogP contribution is 2.35. The predicted octanol–water partition coefficient (Wildman–Crippen LogP) is 5.03. The van der Waals surface area contributed by atoms with E-state index in [0.717, 1.165) is 17.4 Å². The maximum Gasteiger partial charge on any atom is 0.333 e. The van der Waals surface area contributed by atoms with E-state index in [1.807, 2.05) is 6.08 Å². The number of aromatic nitrogens is 1. The van der Waals surface area contributed by atoms with Crippen LogP contribution in [-0.4, -0.2) is 143 Å². The van der Waals surface area contributed by atoms with Crippen molar-refractivity contribution in [2.45, 2.75) is 160 Å². The van der Waals surface area contributed by atoms with Gasteiger partial charge in [0.2, 0.25) is 35.4 Å². The number of hydrogen-bond acceptors (Lipinski definition) is 20. The van der Waals surface area contributed by atoms with Gasteiger partial charge in [0, 0.05) is 85.5 Å². The van der Waals surface area contributed by atoms with E-state index < -0.39 is 106 Å². The van der Waals surface area contributed by atoms with Gasteiger partial charge in [0.25, 0.3) is 21.9 Å². The number of carbonyl (C=O) groups is 8. The standard InChI is InChI=1S/C57H74N8O19S5/c1-3-37-25-29-58-26-11-4-7-16-47(66)62-42(32-38-19-23-52(85-38)87(74)75)55(72)60-28-13-10-15-41(54(71)59-27-12-5-9-18-51(70)84-65-49(68)21-22-50(65)69)64-56(73)43(33-39-20-24-53(86-39)89(79,80)81)63-48(67)17-8-6-14-30-82-44-31-36(2)40(34-46(44)88(76,77)78)45-35-61-57(37)83-45/h3,19-20,23-25,31,34-35,41-43,58H,1,4-18,21-22,26-30,32-33H2,2H3,(H,59,71)(H,60,72)(H,62,66)(H,63,67)(H,64,73)(H,74,75)(H,76,77,78)(H,79,80,81)/b37-25+. The highest BCUT2D eigenvalue weighted by Gasteiger charge is 2.33. The number of hydrogen-bond donors (Lipinski definition) is 9. The number of fused-ring (bicyclic) bond motifs is 30. The molecule has 4 aromatic rings. The summed E-state index contributed by atoms with van der Waals surface area (Å²) in [5, 5.41) is 17.5. The molecule has 3 aromatic heterocycles. The predicted molar refractivity (Wildman–Crippen MR) is 326 cm³/mol. The molecule has 4 unspecified atom stereocenters. The van der Waals surface area contributed by atoms with E-state index in [4.69, 9.17) is 14.0 Å². The minimum absolute atomic E-state index is 0.00190. The van der Waals surface area contributed by atoms with Crippen LogP contribution in [-0.2, 0) is 87.4 Å². The Morgan fingerprint density at radius 2 is 1.47 bits per heavy atom. The van der Waals surface area contributed by atoms with Crippen LogP contribution in [0.2, 0.25) is 0 Å². The Bertz CT molecular complexity index is 3450. The van der Waals surface area contributed by atoms with Gasteiger partial charge in [0.05, 0.1) is 12.8 Å². The van der Waals surface area contributed by atoms with Crippen molar-refractivity contribution in [3.05, 3.63) is 82.5 Å². The largest absolute Gasteiger partial charge is 0.492 e. The fourth-order valence-corrected chi connectivity index (χ4v) is 13.3. The van der Waals surface area contributed by atoms with Gasteiger partial charge in [0.15, 0.2) is 16.8 Å². The number of oxazole rings is 1. The number of thiophene rings is 2. The van der Waals surface area contributed by atoms with E-state index in [2.05, 4.69) is 43.5 Å². The second kappa shape index (κ2) is 34.8. The molecule has 486 valence electrons. The number of rotatable bonds is 16. The van der Waals surface area contributed by atoms with Crippen LogP contribution in [0.5, 0.6) is 5.75 Å². The third-order valence-electron chi connectivity index (χ3n) is 14.1. The first kappa shape index (κ1) is 71.0. The van der Waals surface area contributed by atoms with Crippen molar-refractivity contribution in [1.29, 1.82) is 0 Å². The van der Waals surface area contributed by atoms with Crippen LogP contribution in [0.4, 0.5) is 0 Å². The topological polar surface area (TPSA) is 403 Å². The lowest BCUT2D eigenvalue weighted by atomic mass is 10.1. The molecule has 7 amide bonds. The van der Waals surface area contributed by atoms with Crippen LogP contribution in [0.25, 0.3) is 16.9 Å². The van der Waals surface area contributed by atoms with E-state index in [9.17, 15) is 73.1 Å². The van der Waals surface area contributed by atoms with E-state index in [0.29, 0.717) is 96.0 Å². The summed E-state index contributed by atoms with van der Waals surface area (Å²) in [6.07, 6.45) is 8.50. The number of benzene rings is 1. The monoisotopic (exact) mass is 1330 g/mol. The molecular formula is C57H74N8O19S5. The molecule has 1 fully saturated rings. The molecule has 1 aromatic carbocycles. The number of nitrogens with zero attached hydrogens (tertiary/aromatic N) is 2. The minimum atomic E-state index is -4.83. The van der Waals surface area contributed by atoms with Gasteiger partial charge in [-0.2, -0.15) is 16.8 Å². The summed E-state index contributed by atoms with van der Waals surface area (Å²) in [5.41, 5.74) is 1.38. The molecule has 7 rings (SSSR count). The SMILES string of the molecule is C=C/C1=C\CNCCCCCC(=O)NC(Cc2ccc(S(=O)O)s2)C(=O)NCCCCC(C(=O)NCCCCCC(=O)ON2C(=O)CCC2=O)NC(=O)C(Cc2ccc(S(=O)(=O)O)s2)NC(=O)CCCCCOc2cc(C)c(cc2S(=O)(=O)O)-c2cnc1o2. The highest BCUT2D eigenvalue weighted by molar-refractivity contribution is 7.88. The van der Waals surface area contributed by atoms with Crippen LogP contribution in [0.15, 0.2) is 79.1 Å². The number of aryl methyl sites for hydroxylation is 1. The quantitative estimate of drug-likeness (QED) is 0.0307. The van der Waals surface area contributed by atoms with Crippen LogP contribution >= 0.6 is 22.7 Å². The Balaban J connectivity index is 1.19. The zero-order valence-corrected chi connectivity index (χ0v) is 53.0. The Morgan fingerprint density at radius 3 is 2.12 bits per heavy atom. The summed E-state index contributed by atoms with van der Waals surface area (Å²) < 4.78 is 102. The molecule has 0 saturated carbocycles. The Hall–Kier alpha value is -7.04. The number of hydroxylamine groups is 2. The molecule has 1 saturated heterocycles. The number of allylic oxidation sites excluding steroid dienone is 2. The van der Waals surface area contributed by atoms with Gasteiger partial charge in [-0.05, 0) is 120 Å². The fourth-order valence-electron chi connectivity index (χ4n) is 9.36. The summed E-state index contributed by atoms with van der Waals surface area (Å²) >= 11 is -0.594. The smallest absolute Gasteiger partial charge is 0.333 e. The van der Waals surface area contributed by atoms with Gasteiger partial charge in [-0.25, -0.2) is 14.0 Å². The molecule has 4 bridgehead atoms. The summed E-state index contributed by atoms with van der Waals surface area (Å²) in [5.74, 6) is -4.74. The number of unbranched alkanes of at least 4 members (excludes halogenated alkanes) is 2. The first-order valence-electron chi connectivity index (χ1n) is 28.9. The zero-order chi connectivity index (χ0) is 64.7. The molecule has 0 spiro atoms. The summed E-state index contributed by atoms with van der Waals surface area (Å²) in [7, 11) is -9.47. The zero-order valence-electron chi connectivity index (χ0n) is 48.9. The third kappa shape index (κ3) is 23.1. The van der Waals surface area contributed by atoms with Gasteiger partial charge in [-0.15, -0.1) is 27.7 Å². The first-order chi connectivity index (χ1) is 42.4. The van der Waals surface area contributed by atoms with Crippen molar-refractivity contribution < 1.29 is 87.1 Å². The van der Waals surface area contributed by atoms with E-state index >= 15 is 0 Å². The van der Waals surface area contributed by atoms with Crippen LogP contribution < -0.4 is 36.6 Å². The van der Waals surface area contributed by atoms with Crippen molar-refractivity contribution in [2.24, 2.45) is 0 Å². The van der Waals surface area contributed by atoms with Gasteiger partial charge in [-0.1, -0.05) is 31.6 Å². The van der Waals surface area contributed by atoms with Crippen molar-refractivity contribution in [2.75, 3.05) is 32.8 Å². The summed E-state index contributed by atoms with van der Waals surface area (Å²) in [6, 6.07) is 4.49. The minimum Gasteiger partial charge on any atom is -0.492 e. The fraction of sp³-hybridized carbons (Fsp3) is 0.491. The van der Waals surface area contributed by atoms with E-state index in [1.54, 1.807) is 19.1 Å². The summed E-state index contributed by atoms with van der Waals surface area (Å²) in [4.78, 5) is 115. The third-order valence-corrected chi connectivity index (χ3v) is 19.4. The van der Waals surface area contributed by atoms with E-state index in [1.165, 1.54) is 30.5 Å². The van der Waals surface area contributed by atoms with E-state index in [-0.39, 0.29) is 123 Å². The number of nitrogens with one attached hydrogen (secondary N) is 6.